The van der Waals surface area contributed by atoms with Crippen molar-refractivity contribution in [3.8, 4) is 0 Å². The van der Waals surface area contributed by atoms with Gasteiger partial charge in [-0.3, -0.25) is 4.79 Å². The molecule has 0 aliphatic heterocycles. The van der Waals surface area contributed by atoms with Gasteiger partial charge in [0.15, 0.2) is 0 Å². The fraction of sp³-hybridized carbons (Fsp3) is 0.833. The summed E-state index contributed by atoms with van der Waals surface area (Å²) in [6.45, 7) is 0.221. The molecular formula is C6H16N4O4S. The van der Waals surface area contributed by atoms with Crippen LogP contribution in [0.1, 0.15) is 6.42 Å². The standard InChI is InChI=1S/C6H16N4O4S/c7-2-1-3-9-15(13,14)10-4-5(8)6(11)12/h5,9-10H,1-4,7-8H2,(H,11,12). The monoisotopic (exact) mass is 240 g/mol. The van der Waals surface area contributed by atoms with E-state index in [0.717, 1.165) is 0 Å². The minimum atomic E-state index is -3.68. The molecule has 0 aromatic carbocycles. The molecule has 0 saturated heterocycles. The van der Waals surface area contributed by atoms with Gasteiger partial charge in [-0.1, -0.05) is 0 Å². The zero-order chi connectivity index (χ0) is 11.9. The molecule has 0 rings (SSSR count). The van der Waals surface area contributed by atoms with E-state index in [1.165, 1.54) is 0 Å². The second kappa shape index (κ2) is 6.69. The van der Waals surface area contributed by atoms with Gasteiger partial charge in [-0.15, -0.1) is 0 Å². The lowest BCUT2D eigenvalue weighted by atomic mass is 10.3. The molecule has 8 nitrogen and oxygen atoms in total. The number of nitrogens with two attached hydrogens (primary N) is 2. The first kappa shape index (κ1) is 14.3. The third-order valence-electron chi connectivity index (χ3n) is 1.48. The molecule has 0 saturated carbocycles. The van der Waals surface area contributed by atoms with E-state index in [-0.39, 0.29) is 13.1 Å². The number of aliphatic carboxylic acids is 1. The quantitative estimate of drug-likeness (QED) is 0.289. The Morgan fingerprint density at radius 1 is 1.40 bits per heavy atom. The molecule has 15 heavy (non-hydrogen) atoms. The van der Waals surface area contributed by atoms with E-state index in [1.807, 2.05) is 4.72 Å². The van der Waals surface area contributed by atoms with Gasteiger partial charge in [-0.05, 0) is 13.0 Å². The number of nitrogens with one attached hydrogen (secondary N) is 2. The van der Waals surface area contributed by atoms with Crippen LogP contribution >= 0.6 is 0 Å². The first-order chi connectivity index (χ1) is 6.89. The van der Waals surface area contributed by atoms with E-state index in [0.29, 0.717) is 13.0 Å². The average molecular weight is 240 g/mol. The Labute approximate surface area is 88.2 Å². The fourth-order valence-electron chi connectivity index (χ4n) is 0.646. The van der Waals surface area contributed by atoms with E-state index in [1.54, 1.807) is 0 Å². The molecule has 0 fully saturated rings. The zero-order valence-electron chi connectivity index (χ0n) is 8.14. The molecule has 1 unspecified atom stereocenters. The molecule has 9 heteroatoms. The highest BCUT2D eigenvalue weighted by molar-refractivity contribution is 7.87. The summed E-state index contributed by atoms with van der Waals surface area (Å²) < 4.78 is 26.4. The molecule has 0 aromatic rings. The van der Waals surface area contributed by atoms with Crippen LogP contribution in [0.25, 0.3) is 0 Å². The molecule has 1 atom stereocenters. The molecular weight excluding hydrogens is 224 g/mol. The van der Waals surface area contributed by atoms with Gasteiger partial charge in [-0.25, -0.2) is 9.44 Å². The van der Waals surface area contributed by atoms with E-state index < -0.39 is 22.2 Å². The lowest BCUT2D eigenvalue weighted by Gasteiger charge is -2.09. The van der Waals surface area contributed by atoms with Gasteiger partial charge in [0.2, 0.25) is 0 Å². The maximum absolute atomic E-state index is 11.1. The molecule has 0 bridgehead atoms. The topological polar surface area (TPSA) is 148 Å². The molecule has 0 heterocycles. The summed E-state index contributed by atoms with van der Waals surface area (Å²) >= 11 is 0. The van der Waals surface area contributed by atoms with Crippen molar-refractivity contribution < 1.29 is 18.3 Å². The molecule has 0 aliphatic carbocycles. The van der Waals surface area contributed by atoms with Crippen LogP contribution in [0.3, 0.4) is 0 Å². The van der Waals surface area contributed by atoms with Crippen LogP contribution in [0.5, 0.6) is 0 Å². The van der Waals surface area contributed by atoms with Gasteiger partial charge < -0.3 is 16.6 Å². The van der Waals surface area contributed by atoms with Gasteiger partial charge >= 0.3 is 5.97 Å². The predicted octanol–water partition coefficient (Wildman–Crippen LogP) is -2.83. The summed E-state index contributed by atoms with van der Waals surface area (Å²) in [4.78, 5) is 10.3. The van der Waals surface area contributed by atoms with Gasteiger partial charge in [0.25, 0.3) is 10.2 Å². The minimum absolute atomic E-state index is 0.203. The second-order valence-corrected chi connectivity index (χ2v) is 4.42. The SMILES string of the molecule is NCCCNS(=O)(=O)NCC(N)C(=O)O. The van der Waals surface area contributed by atoms with Crippen LogP contribution < -0.4 is 20.9 Å². The van der Waals surface area contributed by atoms with Crippen molar-refractivity contribution in [2.45, 2.75) is 12.5 Å². The second-order valence-electron chi connectivity index (χ2n) is 2.83. The fourth-order valence-corrected chi connectivity index (χ4v) is 1.56. The average Bonchev–Trinajstić information content (AvgIpc) is 2.14. The maximum Gasteiger partial charge on any atom is 0.321 e. The van der Waals surface area contributed by atoms with Crippen LogP contribution in [0.15, 0.2) is 0 Å². The Bertz CT molecular complexity index is 292. The number of carboxylic acid groups (broad SMARTS) is 1. The summed E-state index contributed by atoms with van der Waals surface area (Å²) in [6.07, 6.45) is 0.506. The number of carbonyl (C=O) groups is 1. The molecule has 7 N–H and O–H groups in total. The molecule has 0 aliphatic rings. The predicted molar refractivity (Wildman–Crippen MR) is 54.2 cm³/mol. The first-order valence-electron chi connectivity index (χ1n) is 4.31. The third-order valence-corrected chi connectivity index (χ3v) is 2.61. The third kappa shape index (κ3) is 7.22. The van der Waals surface area contributed by atoms with Crippen LogP contribution in [-0.4, -0.2) is 45.2 Å². The molecule has 0 spiro atoms. The van der Waals surface area contributed by atoms with E-state index in [4.69, 9.17) is 16.6 Å². The van der Waals surface area contributed by atoms with Crippen molar-refractivity contribution in [1.82, 2.24) is 9.44 Å². The van der Waals surface area contributed by atoms with Crippen molar-refractivity contribution in [1.29, 1.82) is 0 Å². The number of carboxylic acids is 1. The smallest absolute Gasteiger partial charge is 0.321 e. The lowest BCUT2D eigenvalue weighted by molar-refractivity contribution is -0.138. The summed E-state index contributed by atoms with van der Waals surface area (Å²) in [5.74, 6) is -1.26. The van der Waals surface area contributed by atoms with Crippen molar-refractivity contribution in [2.24, 2.45) is 11.5 Å². The van der Waals surface area contributed by atoms with Crippen LogP contribution in [-0.2, 0) is 15.0 Å². The number of hydrogen-bond donors (Lipinski definition) is 5. The van der Waals surface area contributed by atoms with Crippen LogP contribution in [0.4, 0.5) is 0 Å². The van der Waals surface area contributed by atoms with Gasteiger partial charge in [0.05, 0.1) is 0 Å². The van der Waals surface area contributed by atoms with E-state index in [2.05, 4.69) is 4.72 Å². The van der Waals surface area contributed by atoms with Gasteiger partial charge in [0.1, 0.15) is 6.04 Å². The molecule has 0 aromatic heterocycles. The summed E-state index contributed by atoms with van der Waals surface area (Å²) in [7, 11) is -3.68. The van der Waals surface area contributed by atoms with E-state index >= 15 is 0 Å². The minimum Gasteiger partial charge on any atom is -0.480 e. The maximum atomic E-state index is 11.1. The summed E-state index contributed by atoms with van der Waals surface area (Å²) in [6, 6.07) is -1.25. The molecule has 0 amide bonds. The number of rotatable bonds is 8. The normalized spacial score (nSPS) is 13.7. The molecule has 0 radical (unpaired) electrons. The van der Waals surface area contributed by atoms with Crippen LogP contribution in [0.2, 0.25) is 0 Å². The van der Waals surface area contributed by atoms with Crippen molar-refractivity contribution >= 4 is 16.2 Å². The lowest BCUT2D eigenvalue weighted by Crippen LogP contribution is -2.46. The highest BCUT2D eigenvalue weighted by Crippen LogP contribution is 1.81. The van der Waals surface area contributed by atoms with E-state index in [9.17, 15) is 13.2 Å². The Morgan fingerprint density at radius 3 is 2.47 bits per heavy atom. The van der Waals surface area contributed by atoms with Crippen molar-refractivity contribution in [3.05, 3.63) is 0 Å². The number of hydrogen-bond acceptors (Lipinski definition) is 5. The molecule has 90 valence electrons. The van der Waals surface area contributed by atoms with Crippen molar-refractivity contribution in [2.75, 3.05) is 19.6 Å². The zero-order valence-corrected chi connectivity index (χ0v) is 8.96. The van der Waals surface area contributed by atoms with Gasteiger partial charge in [0, 0.05) is 13.1 Å². The highest BCUT2D eigenvalue weighted by atomic mass is 32.2. The van der Waals surface area contributed by atoms with Gasteiger partial charge in [-0.2, -0.15) is 8.42 Å². The summed E-state index contributed by atoms with van der Waals surface area (Å²) in [5, 5.41) is 8.40. The Kier molecular flexibility index (Phi) is 6.36. The highest BCUT2D eigenvalue weighted by Gasteiger charge is 2.15. The largest absolute Gasteiger partial charge is 0.480 e. The Hall–Kier alpha value is -0.740. The first-order valence-corrected chi connectivity index (χ1v) is 5.80. The Morgan fingerprint density at radius 2 is 2.00 bits per heavy atom. The summed E-state index contributed by atoms with van der Waals surface area (Å²) in [5.41, 5.74) is 10.3. The van der Waals surface area contributed by atoms with Crippen LogP contribution in [0, 0.1) is 0 Å². The Balaban J connectivity index is 3.89. The van der Waals surface area contributed by atoms with Crippen molar-refractivity contribution in [3.63, 3.8) is 0 Å².